The minimum atomic E-state index is -0.896. The van der Waals surface area contributed by atoms with E-state index in [0.717, 1.165) is 4.57 Å². The normalized spacial score (nSPS) is 10.9. The number of primary amides is 1. The highest BCUT2D eigenvalue weighted by Gasteiger charge is 2.16. The number of nitrogens with two attached hydrogens (primary N) is 1. The van der Waals surface area contributed by atoms with Crippen LogP contribution in [0.5, 0.6) is 0 Å². The lowest BCUT2D eigenvalue weighted by molar-refractivity contribution is 0.0997. The second-order valence-corrected chi connectivity index (χ2v) is 5.21. The highest BCUT2D eigenvalue weighted by atomic mass is 19.1. The van der Waals surface area contributed by atoms with Crippen LogP contribution < -0.4 is 17.0 Å². The van der Waals surface area contributed by atoms with Crippen LogP contribution in [0.4, 0.5) is 4.39 Å². The highest BCUT2D eigenvalue weighted by molar-refractivity contribution is 5.92. The van der Waals surface area contributed by atoms with Crippen LogP contribution in [0.3, 0.4) is 0 Å². The van der Waals surface area contributed by atoms with E-state index in [9.17, 15) is 18.8 Å². The van der Waals surface area contributed by atoms with E-state index in [1.807, 2.05) is 0 Å². The van der Waals surface area contributed by atoms with Crippen LogP contribution in [0.1, 0.15) is 35.8 Å². The number of hydrogen-bond donors (Lipinski definition) is 1. The Labute approximate surface area is 125 Å². The topological polar surface area (TPSA) is 87.1 Å². The van der Waals surface area contributed by atoms with Crippen LogP contribution in [0.15, 0.2) is 40.1 Å². The van der Waals surface area contributed by atoms with Crippen LogP contribution >= 0.6 is 0 Å². The summed E-state index contributed by atoms with van der Waals surface area (Å²) in [7, 11) is 0. The van der Waals surface area contributed by atoms with Crippen LogP contribution in [0, 0.1) is 5.82 Å². The summed E-state index contributed by atoms with van der Waals surface area (Å²) >= 11 is 0. The summed E-state index contributed by atoms with van der Waals surface area (Å²) < 4.78 is 15.1. The Bertz CT molecular complexity index is 819. The minimum absolute atomic E-state index is 0.0637. The SMILES string of the molecule is CC(C)n1cc(C(N)=O)c(=O)n(Cc2ccc(F)cc2)c1=O. The molecule has 0 saturated heterocycles. The monoisotopic (exact) mass is 305 g/mol. The molecule has 2 N–H and O–H groups in total. The van der Waals surface area contributed by atoms with Crippen molar-refractivity contribution >= 4 is 5.91 Å². The molecule has 2 rings (SSSR count). The Hall–Kier alpha value is -2.70. The van der Waals surface area contributed by atoms with Crippen molar-refractivity contribution in [1.29, 1.82) is 0 Å². The molecule has 0 bridgehead atoms. The highest BCUT2D eigenvalue weighted by Crippen LogP contribution is 2.05. The van der Waals surface area contributed by atoms with Gasteiger partial charge in [-0.15, -0.1) is 0 Å². The molecule has 0 saturated carbocycles. The Morgan fingerprint density at radius 1 is 1.23 bits per heavy atom. The quantitative estimate of drug-likeness (QED) is 0.909. The number of halogens is 1. The molecule has 0 aliphatic heterocycles. The van der Waals surface area contributed by atoms with Gasteiger partial charge in [0.2, 0.25) is 0 Å². The fourth-order valence-corrected chi connectivity index (χ4v) is 2.07. The molecular weight excluding hydrogens is 289 g/mol. The van der Waals surface area contributed by atoms with Gasteiger partial charge in [-0.25, -0.2) is 9.18 Å². The molecule has 1 amide bonds. The van der Waals surface area contributed by atoms with Crippen molar-refractivity contribution in [3.8, 4) is 0 Å². The summed E-state index contributed by atoms with van der Waals surface area (Å²) in [4.78, 5) is 36.0. The number of benzene rings is 1. The third kappa shape index (κ3) is 2.98. The largest absolute Gasteiger partial charge is 0.365 e. The zero-order valence-corrected chi connectivity index (χ0v) is 12.2. The molecule has 7 heteroatoms. The summed E-state index contributed by atoms with van der Waals surface area (Å²) in [6.07, 6.45) is 1.18. The van der Waals surface area contributed by atoms with Gasteiger partial charge in [0.1, 0.15) is 11.4 Å². The Morgan fingerprint density at radius 2 is 1.82 bits per heavy atom. The van der Waals surface area contributed by atoms with Crippen LogP contribution in [0.25, 0.3) is 0 Å². The third-order valence-electron chi connectivity index (χ3n) is 3.27. The van der Waals surface area contributed by atoms with E-state index in [1.165, 1.54) is 35.0 Å². The summed E-state index contributed by atoms with van der Waals surface area (Å²) in [6.45, 7) is 3.43. The Balaban J connectivity index is 2.63. The van der Waals surface area contributed by atoms with E-state index in [2.05, 4.69) is 0 Å². The predicted molar refractivity (Wildman–Crippen MR) is 79.4 cm³/mol. The van der Waals surface area contributed by atoms with Gasteiger partial charge in [-0.1, -0.05) is 12.1 Å². The maximum atomic E-state index is 12.9. The van der Waals surface area contributed by atoms with Gasteiger partial charge in [-0.2, -0.15) is 0 Å². The van der Waals surface area contributed by atoms with Crippen molar-refractivity contribution in [2.75, 3.05) is 0 Å². The van der Waals surface area contributed by atoms with Crippen molar-refractivity contribution in [1.82, 2.24) is 9.13 Å². The number of hydrogen-bond acceptors (Lipinski definition) is 3. The Kier molecular flexibility index (Phi) is 4.25. The minimum Gasteiger partial charge on any atom is -0.365 e. The predicted octanol–water partition coefficient (Wildman–Crippen LogP) is 0.877. The summed E-state index contributed by atoms with van der Waals surface area (Å²) in [6, 6.07) is 5.17. The van der Waals surface area contributed by atoms with E-state index in [4.69, 9.17) is 5.73 Å². The number of nitrogens with zero attached hydrogens (tertiary/aromatic N) is 2. The van der Waals surface area contributed by atoms with Crippen molar-refractivity contribution in [2.24, 2.45) is 5.73 Å². The van der Waals surface area contributed by atoms with Gasteiger partial charge in [0.05, 0.1) is 6.54 Å². The zero-order chi connectivity index (χ0) is 16.4. The first-order valence-corrected chi connectivity index (χ1v) is 6.71. The van der Waals surface area contributed by atoms with Crippen LogP contribution in [0.2, 0.25) is 0 Å². The molecule has 1 heterocycles. The van der Waals surface area contributed by atoms with E-state index in [1.54, 1.807) is 13.8 Å². The van der Waals surface area contributed by atoms with E-state index < -0.39 is 23.0 Å². The lowest BCUT2D eigenvalue weighted by atomic mass is 10.2. The molecule has 0 fully saturated rings. The first-order chi connectivity index (χ1) is 10.3. The van der Waals surface area contributed by atoms with Crippen LogP contribution in [-0.2, 0) is 6.54 Å². The molecule has 0 radical (unpaired) electrons. The first kappa shape index (κ1) is 15.7. The standard InChI is InChI=1S/C15H16FN3O3/c1-9(2)18-8-12(13(17)20)14(21)19(15(18)22)7-10-3-5-11(16)6-4-10/h3-6,8-9H,7H2,1-2H3,(H2,17,20). The molecular formula is C15H16FN3O3. The molecule has 0 spiro atoms. The first-order valence-electron chi connectivity index (χ1n) is 6.71. The molecule has 116 valence electrons. The van der Waals surface area contributed by atoms with E-state index in [-0.39, 0.29) is 18.2 Å². The maximum absolute atomic E-state index is 12.9. The number of amides is 1. The van der Waals surface area contributed by atoms with Gasteiger partial charge in [0.15, 0.2) is 0 Å². The fourth-order valence-electron chi connectivity index (χ4n) is 2.07. The zero-order valence-electron chi connectivity index (χ0n) is 12.2. The van der Waals surface area contributed by atoms with E-state index in [0.29, 0.717) is 5.56 Å². The molecule has 0 aliphatic carbocycles. The Morgan fingerprint density at radius 3 is 2.32 bits per heavy atom. The molecule has 22 heavy (non-hydrogen) atoms. The number of carbonyl (C=O) groups excluding carboxylic acids is 1. The van der Waals surface area contributed by atoms with Gasteiger partial charge in [0.25, 0.3) is 11.5 Å². The van der Waals surface area contributed by atoms with Gasteiger partial charge < -0.3 is 5.73 Å². The summed E-state index contributed by atoms with van der Waals surface area (Å²) in [5.74, 6) is -1.31. The lowest BCUT2D eigenvalue weighted by Crippen LogP contribution is -2.44. The van der Waals surface area contributed by atoms with E-state index >= 15 is 0 Å². The molecule has 2 aromatic rings. The molecule has 1 aromatic carbocycles. The van der Waals surface area contributed by atoms with Crippen molar-refractivity contribution in [2.45, 2.75) is 26.4 Å². The van der Waals surface area contributed by atoms with Gasteiger partial charge >= 0.3 is 5.69 Å². The number of carbonyl (C=O) groups is 1. The third-order valence-corrected chi connectivity index (χ3v) is 3.27. The average molecular weight is 305 g/mol. The fraction of sp³-hybridized carbons (Fsp3) is 0.267. The van der Waals surface area contributed by atoms with Crippen molar-refractivity contribution in [3.63, 3.8) is 0 Å². The molecule has 6 nitrogen and oxygen atoms in total. The second kappa shape index (κ2) is 5.97. The second-order valence-electron chi connectivity index (χ2n) is 5.21. The van der Waals surface area contributed by atoms with Crippen molar-refractivity contribution < 1.29 is 9.18 Å². The van der Waals surface area contributed by atoms with Gasteiger partial charge in [0, 0.05) is 12.2 Å². The maximum Gasteiger partial charge on any atom is 0.331 e. The number of aromatic nitrogens is 2. The average Bonchev–Trinajstić information content (AvgIpc) is 2.44. The lowest BCUT2D eigenvalue weighted by Gasteiger charge is -2.14. The molecule has 1 aromatic heterocycles. The van der Waals surface area contributed by atoms with Gasteiger partial charge in [-0.05, 0) is 31.5 Å². The summed E-state index contributed by atoms with van der Waals surface area (Å²) in [5.41, 5.74) is 4.21. The molecule has 0 aliphatic rings. The van der Waals surface area contributed by atoms with Gasteiger partial charge in [-0.3, -0.25) is 18.7 Å². The summed E-state index contributed by atoms with van der Waals surface area (Å²) in [5, 5.41) is 0. The number of rotatable bonds is 4. The molecule has 0 unspecified atom stereocenters. The van der Waals surface area contributed by atoms with Crippen molar-refractivity contribution in [3.05, 3.63) is 68.2 Å². The molecule has 0 atom stereocenters. The smallest absolute Gasteiger partial charge is 0.331 e. The van der Waals surface area contributed by atoms with Crippen LogP contribution in [-0.4, -0.2) is 15.0 Å².